The molecule has 2 atom stereocenters. The van der Waals surface area contributed by atoms with Crippen molar-refractivity contribution in [2.75, 3.05) is 34.8 Å². The number of hydrogen-bond acceptors (Lipinski definition) is 5. The minimum Gasteiger partial charge on any atom is -0.448 e. The van der Waals surface area contributed by atoms with Gasteiger partial charge in [-0.3, -0.25) is 14.6 Å². The van der Waals surface area contributed by atoms with Crippen LogP contribution in [-0.2, 0) is 40.4 Å². The number of benzene rings is 6. The number of anilines is 2. The lowest BCUT2D eigenvalue weighted by molar-refractivity contribution is -0.121. The van der Waals surface area contributed by atoms with Crippen LogP contribution < -0.4 is 9.80 Å². The lowest BCUT2D eigenvalue weighted by Gasteiger charge is -2.24. The number of rotatable bonds is 10. The second-order valence-electron chi connectivity index (χ2n) is 18.5. The zero-order valence-corrected chi connectivity index (χ0v) is 39.7. The highest BCUT2D eigenvalue weighted by atomic mass is 35.5. The molecule has 70 heavy (non-hydrogen) atoms. The first kappa shape index (κ1) is 43.9. The minimum absolute atomic E-state index is 0.0272. The summed E-state index contributed by atoms with van der Waals surface area (Å²) in [5.74, 6) is -1.64. The highest BCUT2D eigenvalue weighted by molar-refractivity contribution is 6.22. The molecular weight excluding hydrogens is 916 g/mol. The number of para-hydroxylation sites is 2. The maximum absolute atomic E-state index is 15.1. The molecule has 2 unspecified atom stereocenters. The summed E-state index contributed by atoms with van der Waals surface area (Å²) in [6.45, 7) is 1.72. The standard InChI is InChI=1S/C59H48Cl2N4O5/c60-29-49(55-27-25-39-33-64(53-23-11-1-13-37(53)31-62(39)55)58(67)69-35-51-45-19-7-3-15-41(45)42-16-4-8-20-46(42)51)57(66)50(30-61)56-28-26-40-34-65(54-24-12-2-14-38(54)32-63(40)56)59(68)70-36-52-47-21-9-5-17-43(47)44-18-6-10-22-48(44)52/h1-28,49-52H,29-36H2. The van der Waals surface area contributed by atoms with Crippen molar-refractivity contribution in [2.45, 2.75) is 49.9 Å². The van der Waals surface area contributed by atoms with E-state index < -0.39 is 24.0 Å². The van der Waals surface area contributed by atoms with E-state index >= 15 is 4.79 Å². The van der Waals surface area contributed by atoms with Crippen LogP contribution in [0.1, 0.15) is 79.8 Å². The van der Waals surface area contributed by atoms with Gasteiger partial charge in [0.15, 0.2) is 5.78 Å². The van der Waals surface area contributed by atoms with Crippen LogP contribution >= 0.6 is 23.2 Å². The van der Waals surface area contributed by atoms with Gasteiger partial charge >= 0.3 is 12.2 Å². The number of carbonyl (C=O) groups excluding carboxylic acids is 3. The maximum Gasteiger partial charge on any atom is 0.414 e. The van der Waals surface area contributed by atoms with E-state index in [2.05, 4.69) is 57.7 Å². The van der Waals surface area contributed by atoms with E-state index in [0.717, 1.165) is 67.5 Å². The van der Waals surface area contributed by atoms with Gasteiger partial charge in [0.25, 0.3) is 0 Å². The average Bonchev–Trinajstić information content (AvgIpc) is 4.09. The topological polar surface area (TPSA) is 86.0 Å². The number of hydrogen-bond donors (Lipinski definition) is 0. The Hall–Kier alpha value is -7.33. The van der Waals surface area contributed by atoms with Crippen LogP contribution in [0, 0.1) is 0 Å². The van der Waals surface area contributed by atoms with Crippen molar-refractivity contribution in [3.63, 3.8) is 0 Å². The molecule has 4 heterocycles. The van der Waals surface area contributed by atoms with Crippen molar-refractivity contribution in [2.24, 2.45) is 0 Å². The largest absolute Gasteiger partial charge is 0.448 e. The molecule has 0 radical (unpaired) electrons. The van der Waals surface area contributed by atoms with Crippen LogP contribution in [0.15, 0.2) is 170 Å². The Morgan fingerprint density at radius 3 is 1.16 bits per heavy atom. The summed E-state index contributed by atoms with van der Waals surface area (Å²) in [5, 5.41) is 0. The first-order valence-electron chi connectivity index (χ1n) is 23.8. The highest BCUT2D eigenvalue weighted by Gasteiger charge is 2.38. The van der Waals surface area contributed by atoms with Crippen LogP contribution in [0.25, 0.3) is 22.3 Å². The predicted molar refractivity (Wildman–Crippen MR) is 274 cm³/mol. The zero-order chi connectivity index (χ0) is 47.5. The fourth-order valence-corrected chi connectivity index (χ4v) is 12.1. The fraction of sp³-hybridized carbons (Fsp3) is 0.203. The molecule has 0 bridgehead atoms. The molecule has 4 aliphatic rings. The molecule has 2 aliphatic heterocycles. The van der Waals surface area contributed by atoms with E-state index in [4.69, 9.17) is 32.7 Å². The SMILES string of the molecule is O=C(C(CCl)c1ccc2n1Cc1ccccc1N(C(=O)OCC1c3ccccc3-c3ccccc31)C2)C(CCl)c1ccc2n1Cc1ccccc1N(C(=O)OCC1c3ccccc3-c3ccccc31)C2. The summed E-state index contributed by atoms with van der Waals surface area (Å²) in [4.78, 5) is 47.1. The number of aromatic nitrogens is 2. The van der Waals surface area contributed by atoms with Gasteiger partial charge in [0, 0.05) is 59.5 Å². The van der Waals surface area contributed by atoms with Gasteiger partial charge in [-0.25, -0.2) is 9.59 Å². The maximum atomic E-state index is 15.1. The molecule has 8 aromatic rings. The molecule has 0 saturated heterocycles. The van der Waals surface area contributed by atoms with Crippen molar-refractivity contribution in [1.29, 1.82) is 0 Å². The van der Waals surface area contributed by atoms with Gasteiger partial charge in [0.2, 0.25) is 0 Å². The van der Waals surface area contributed by atoms with Gasteiger partial charge in [-0.15, -0.1) is 23.2 Å². The molecule has 9 nitrogen and oxygen atoms in total. The predicted octanol–water partition coefficient (Wildman–Crippen LogP) is 12.8. The Bertz CT molecular complexity index is 3050. The Kier molecular flexibility index (Phi) is 11.4. The third-order valence-corrected chi connectivity index (χ3v) is 15.5. The number of amides is 2. The van der Waals surface area contributed by atoms with Gasteiger partial charge in [0.05, 0.1) is 36.3 Å². The lowest BCUT2D eigenvalue weighted by Crippen LogP contribution is -2.32. The van der Waals surface area contributed by atoms with E-state index in [9.17, 15) is 9.59 Å². The molecule has 0 spiro atoms. The summed E-state index contributed by atoms with van der Waals surface area (Å²) < 4.78 is 16.7. The van der Waals surface area contributed by atoms with Crippen LogP contribution in [0.3, 0.4) is 0 Å². The highest BCUT2D eigenvalue weighted by Crippen LogP contribution is 2.46. The van der Waals surface area contributed by atoms with E-state index in [1.807, 2.05) is 121 Å². The molecule has 2 aliphatic carbocycles. The number of carbonyl (C=O) groups is 3. The molecule has 0 fully saturated rings. The third kappa shape index (κ3) is 7.42. The lowest BCUT2D eigenvalue weighted by atomic mass is 9.90. The second-order valence-corrected chi connectivity index (χ2v) is 19.1. The van der Waals surface area contributed by atoms with E-state index in [1.165, 1.54) is 22.3 Å². The van der Waals surface area contributed by atoms with E-state index in [0.29, 0.717) is 13.1 Å². The summed E-state index contributed by atoms with van der Waals surface area (Å²) >= 11 is 13.7. The molecule has 0 saturated carbocycles. The Labute approximate surface area is 416 Å². The minimum atomic E-state index is -0.714. The molecule has 2 amide bonds. The average molecular weight is 964 g/mol. The van der Waals surface area contributed by atoms with Crippen LogP contribution in [0.2, 0.25) is 0 Å². The summed E-state index contributed by atoms with van der Waals surface area (Å²) in [5.41, 5.74) is 15.8. The number of alkyl halides is 2. The van der Waals surface area contributed by atoms with E-state index in [-0.39, 0.29) is 55.7 Å². The summed E-state index contributed by atoms with van der Waals surface area (Å²) in [7, 11) is 0. The van der Waals surface area contributed by atoms with Crippen molar-refractivity contribution in [1.82, 2.24) is 9.13 Å². The van der Waals surface area contributed by atoms with Gasteiger partial charge in [-0.05, 0) is 92.0 Å². The summed E-state index contributed by atoms with van der Waals surface area (Å²) in [6.07, 6.45) is -0.879. The first-order valence-corrected chi connectivity index (χ1v) is 24.9. The van der Waals surface area contributed by atoms with Crippen LogP contribution in [-0.4, -0.2) is 52.1 Å². The normalized spacial score (nSPS) is 15.2. The van der Waals surface area contributed by atoms with Crippen LogP contribution in [0.5, 0.6) is 0 Å². The van der Waals surface area contributed by atoms with E-state index in [1.54, 1.807) is 9.80 Å². The van der Waals surface area contributed by atoms with Crippen LogP contribution in [0.4, 0.5) is 21.0 Å². The molecule has 6 aromatic carbocycles. The number of Topliss-reactive ketones (excluding diaryl/α,β-unsaturated/α-hetero) is 1. The number of halogens is 2. The van der Waals surface area contributed by atoms with Gasteiger partial charge in [-0.2, -0.15) is 0 Å². The van der Waals surface area contributed by atoms with Crippen molar-refractivity contribution < 1.29 is 23.9 Å². The Morgan fingerprint density at radius 1 is 0.443 bits per heavy atom. The fourth-order valence-electron chi connectivity index (χ4n) is 11.5. The number of ether oxygens (including phenoxy) is 2. The molecule has 348 valence electrons. The van der Waals surface area contributed by atoms with Gasteiger partial charge in [-0.1, -0.05) is 133 Å². The molecule has 11 heteroatoms. The molecule has 0 N–H and O–H groups in total. The zero-order valence-electron chi connectivity index (χ0n) is 38.2. The van der Waals surface area contributed by atoms with Crippen molar-refractivity contribution in [3.8, 4) is 22.3 Å². The number of fused-ring (bicyclic) bond motifs is 10. The van der Waals surface area contributed by atoms with Gasteiger partial charge in [0.1, 0.15) is 13.2 Å². The van der Waals surface area contributed by atoms with Crippen molar-refractivity contribution in [3.05, 3.63) is 226 Å². The monoisotopic (exact) mass is 962 g/mol. The van der Waals surface area contributed by atoms with Gasteiger partial charge < -0.3 is 18.6 Å². The Morgan fingerprint density at radius 2 is 0.786 bits per heavy atom. The second kappa shape index (κ2) is 18.2. The first-order chi connectivity index (χ1) is 34.4. The molecule has 2 aromatic heterocycles. The quantitative estimate of drug-likeness (QED) is 0.127. The number of ketones is 1. The number of nitrogens with zero attached hydrogens (tertiary/aromatic N) is 4. The Balaban J connectivity index is 0.792. The smallest absolute Gasteiger partial charge is 0.414 e. The molecule has 12 rings (SSSR count). The summed E-state index contributed by atoms with van der Waals surface area (Å²) in [6, 6.07) is 56.8. The molecular formula is C59H48Cl2N4O5. The third-order valence-electron chi connectivity index (χ3n) is 14.9. The van der Waals surface area contributed by atoms with Crippen molar-refractivity contribution >= 4 is 52.5 Å².